The molecule has 12 heteroatoms. The van der Waals surface area contributed by atoms with Gasteiger partial charge in [-0.1, -0.05) is 11.3 Å². The van der Waals surface area contributed by atoms with Crippen LogP contribution in [0.3, 0.4) is 0 Å². The molecule has 0 aromatic carbocycles. The molecule has 3 aromatic heterocycles. The molecule has 0 atom stereocenters. The van der Waals surface area contributed by atoms with Crippen molar-refractivity contribution in [3.8, 4) is 28.0 Å². The van der Waals surface area contributed by atoms with E-state index in [4.69, 9.17) is 15.7 Å². The first kappa shape index (κ1) is 27.5. The number of carbonyl (C=O) groups is 1. The predicted molar refractivity (Wildman–Crippen MR) is 158 cm³/mol. The van der Waals surface area contributed by atoms with Crippen LogP contribution in [0.5, 0.6) is 0 Å². The van der Waals surface area contributed by atoms with Gasteiger partial charge in [0, 0.05) is 61.9 Å². The molecule has 4 N–H and O–H groups in total. The summed E-state index contributed by atoms with van der Waals surface area (Å²) in [5.74, 6) is 0.439. The molecule has 0 unspecified atom stereocenters. The lowest BCUT2D eigenvalue weighted by molar-refractivity contribution is -0.136. The van der Waals surface area contributed by atoms with Crippen molar-refractivity contribution in [1.82, 2.24) is 30.4 Å². The highest BCUT2D eigenvalue weighted by molar-refractivity contribution is 7.18. The van der Waals surface area contributed by atoms with E-state index in [2.05, 4.69) is 44.6 Å². The third kappa shape index (κ3) is 6.21. The molecule has 0 bridgehead atoms. The molecule has 208 valence electrons. The van der Waals surface area contributed by atoms with E-state index in [1.165, 1.54) is 11.3 Å². The Kier molecular flexibility index (Phi) is 8.52. The molecule has 2 saturated heterocycles. The Morgan fingerprint density at radius 2 is 2.00 bits per heavy atom. The lowest BCUT2D eigenvalue weighted by Gasteiger charge is -2.36. The number of pyridine rings is 1. The first-order valence-electron chi connectivity index (χ1n) is 13.6. The molecule has 40 heavy (non-hydrogen) atoms. The van der Waals surface area contributed by atoms with Crippen LogP contribution in [0.4, 0.5) is 10.8 Å². The zero-order valence-corrected chi connectivity index (χ0v) is 23.6. The molecule has 11 nitrogen and oxygen atoms in total. The summed E-state index contributed by atoms with van der Waals surface area (Å²) in [5, 5.41) is 33.9. The number of H-pyrrole nitrogens is 1. The van der Waals surface area contributed by atoms with E-state index in [0.29, 0.717) is 19.0 Å². The van der Waals surface area contributed by atoms with E-state index in [1.807, 2.05) is 35.4 Å². The molecular weight excluding hydrogens is 524 g/mol. The number of carbonyl (C=O) groups excluding carboxylic acids is 1. The van der Waals surface area contributed by atoms with Crippen molar-refractivity contribution in [1.29, 1.82) is 10.7 Å². The van der Waals surface area contributed by atoms with Crippen LogP contribution in [0, 0.1) is 22.7 Å². The number of piperazine rings is 1. The van der Waals surface area contributed by atoms with Crippen LogP contribution in [0.1, 0.15) is 32.4 Å². The second kappa shape index (κ2) is 12.4. The standard InChI is InChI=1S/C28H34N10OS/c1-18(2)33-24-14-25(23-4-3-21(34-23)13-19(15-29)16-30)32-17-22(24)26-35-36-28(40-26)38-11-9-37(10-12-38)27(39)20-5-7-31-8-6-20/h3-4,13-15,17-18,20,29,31,34H,5-12H2,1-2H3,(H,32,33)/b19-13+,29-15?. The average molecular weight is 559 g/mol. The summed E-state index contributed by atoms with van der Waals surface area (Å²) in [6.45, 7) is 8.91. The van der Waals surface area contributed by atoms with E-state index in [0.717, 1.165) is 83.7 Å². The Labute approximate surface area is 237 Å². The van der Waals surface area contributed by atoms with E-state index >= 15 is 0 Å². The van der Waals surface area contributed by atoms with Gasteiger partial charge in [-0.05, 0) is 64.1 Å². The topological polar surface area (TPSA) is 150 Å². The number of aromatic nitrogens is 4. The zero-order valence-electron chi connectivity index (χ0n) is 22.8. The van der Waals surface area contributed by atoms with Crippen molar-refractivity contribution in [2.75, 3.05) is 49.5 Å². The molecule has 2 fully saturated rings. The minimum Gasteiger partial charge on any atom is -0.382 e. The number of rotatable bonds is 8. The first-order chi connectivity index (χ1) is 19.4. The molecule has 0 saturated carbocycles. The van der Waals surface area contributed by atoms with Crippen LogP contribution >= 0.6 is 11.3 Å². The molecule has 5 rings (SSSR count). The van der Waals surface area contributed by atoms with Crippen LogP contribution < -0.4 is 15.5 Å². The van der Waals surface area contributed by atoms with Gasteiger partial charge in [-0.25, -0.2) is 0 Å². The monoisotopic (exact) mass is 558 g/mol. The van der Waals surface area contributed by atoms with Gasteiger partial charge in [0.25, 0.3) is 0 Å². The van der Waals surface area contributed by atoms with Gasteiger partial charge in [0.15, 0.2) is 5.01 Å². The molecule has 3 aromatic rings. The summed E-state index contributed by atoms with van der Waals surface area (Å²) in [6.07, 6.45) is 6.32. The van der Waals surface area contributed by atoms with Gasteiger partial charge in [0.05, 0.1) is 22.5 Å². The number of nitrogens with one attached hydrogen (secondary N) is 4. The number of aromatic amines is 1. The van der Waals surface area contributed by atoms with Gasteiger partial charge in [-0.2, -0.15) is 5.26 Å². The van der Waals surface area contributed by atoms with Crippen LogP contribution in [0.15, 0.2) is 30.0 Å². The van der Waals surface area contributed by atoms with Gasteiger partial charge in [0.2, 0.25) is 11.0 Å². The molecule has 0 spiro atoms. The van der Waals surface area contributed by atoms with Gasteiger partial charge >= 0.3 is 0 Å². The minimum absolute atomic E-state index is 0.147. The van der Waals surface area contributed by atoms with E-state index in [-0.39, 0.29) is 17.5 Å². The second-order valence-corrected chi connectivity index (χ2v) is 11.3. The van der Waals surface area contributed by atoms with Crippen LogP contribution in [0.2, 0.25) is 0 Å². The highest BCUT2D eigenvalue weighted by atomic mass is 32.1. The van der Waals surface area contributed by atoms with Crippen molar-refractivity contribution in [2.24, 2.45) is 5.92 Å². The Bertz CT molecular complexity index is 1420. The highest BCUT2D eigenvalue weighted by Crippen LogP contribution is 2.35. The maximum atomic E-state index is 12.9. The predicted octanol–water partition coefficient (Wildman–Crippen LogP) is 3.62. The Hall–Kier alpha value is -4.08. The lowest BCUT2D eigenvalue weighted by Crippen LogP contribution is -2.51. The summed E-state index contributed by atoms with van der Waals surface area (Å²) >= 11 is 1.53. The van der Waals surface area contributed by atoms with Crippen molar-refractivity contribution in [3.05, 3.63) is 35.7 Å². The molecule has 0 aliphatic carbocycles. The fourth-order valence-electron chi connectivity index (χ4n) is 5.02. The first-order valence-corrected chi connectivity index (χ1v) is 14.4. The molecule has 0 radical (unpaired) electrons. The van der Waals surface area contributed by atoms with Crippen LogP contribution in [-0.4, -0.2) is 82.5 Å². The van der Waals surface area contributed by atoms with Crippen LogP contribution in [-0.2, 0) is 4.79 Å². The lowest BCUT2D eigenvalue weighted by atomic mass is 9.96. The summed E-state index contributed by atoms with van der Waals surface area (Å²) in [6, 6.07) is 7.94. The number of anilines is 2. The third-order valence-corrected chi connectivity index (χ3v) is 8.14. The van der Waals surface area contributed by atoms with E-state index < -0.39 is 0 Å². The van der Waals surface area contributed by atoms with Gasteiger partial charge in [-0.15, -0.1) is 10.2 Å². The molecule has 2 aliphatic rings. The summed E-state index contributed by atoms with van der Waals surface area (Å²) in [7, 11) is 0. The van der Waals surface area contributed by atoms with E-state index in [1.54, 1.807) is 6.08 Å². The second-order valence-electron chi connectivity index (χ2n) is 10.3. The largest absolute Gasteiger partial charge is 0.382 e. The number of piperidine rings is 1. The number of hydrogen-bond acceptors (Lipinski definition) is 10. The minimum atomic E-state index is 0.147. The number of amides is 1. The maximum absolute atomic E-state index is 12.9. The number of nitriles is 1. The fourth-order valence-corrected chi connectivity index (χ4v) is 5.94. The summed E-state index contributed by atoms with van der Waals surface area (Å²) in [5.41, 5.74) is 4.33. The highest BCUT2D eigenvalue weighted by Gasteiger charge is 2.29. The van der Waals surface area contributed by atoms with Gasteiger partial charge < -0.3 is 30.8 Å². The van der Waals surface area contributed by atoms with Crippen molar-refractivity contribution < 1.29 is 4.79 Å². The van der Waals surface area contributed by atoms with Crippen molar-refractivity contribution in [3.63, 3.8) is 0 Å². The Morgan fingerprint density at radius 1 is 1.23 bits per heavy atom. The molecular formula is C28H34N10OS. The zero-order chi connectivity index (χ0) is 28.1. The van der Waals surface area contributed by atoms with Gasteiger partial charge in [0.1, 0.15) is 6.07 Å². The Balaban J connectivity index is 1.31. The maximum Gasteiger partial charge on any atom is 0.225 e. The van der Waals surface area contributed by atoms with Crippen LogP contribution in [0.25, 0.3) is 28.0 Å². The average Bonchev–Trinajstić information content (AvgIpc) is 3.66. The molecule has 1 amide bonds. The van der Waals surface area contributed by atoms with Gasteiger partial charge in [-0.3, -0.25) is 9.78 Å². The fraction of sp³-hybridized carbons (Fsp3) is 0.429. The van der Waals surface area contributed by atoms with Crippen molar-refractivity contribution >= 4 is 40.4 Å². The quantitative estimate of drug-likeness (QED) is 0.242. The third-order valence-electron chi connectivity index (χ3n) is 7.12. The molecule has 5 heterocycles. The SMILES string of the molecule is CC(C)Nc1cc(-c2ccc(/C=C(/C#N)C=N)[nH]2)ncc1-c1nnc(N2CCN(C(=O)C3CCNCC3)CC2)s1. The smallest absolute Gasteiger partial charge is 0.225 e. The van der Waals surface area contributed by atoms with E-state index in [9.17, 15) is 4.79 Å². The number of hydrogen-bond donors (Lipinski definition) is 4. The number of allylic oxidation sites excluding steroid dienone is 1. The summed E-state index contributed by atoms with van der Waals surface area (Å²) < 4.78 is 0. The summed E-state index contributed by atoms with van der Waals surface area (Å²) in [4.78, 5) is 25.1. The van der Waals surface area contributed by atoms with Crippen molar-refractivity contribution in [2.45, 2.75) is 32.7 Å². The molecule has 2 aliphatic heterocycles. The number of nitrogens with zero attached hydrogens (tertiary/aromatic N) is 6. The Morgan fingerprint density at radius 3 is 2.70 bits per heavy atom. The normalized spacial score (nSPS) is 16.7.